The van der Waals surface area contributed by atoms with Gasteiger partial charge in [0.15, 0.2) is 17.3 Å². The van der Waals surface area contributed by atoms with Gasteiger partial charge in [0.1, 0.15) is 22.9 Å². The number of pyridine rings is 2. The molecule has 0 unspecified atom stereocenters. The Morgan fingerprint density at radius 2 is 1.79 bits per heavy atom. The van der Waals surface area contributed by atoms with Gasteiger partial charge < -0.3 is 10.4 Å². The molecule has 1 atom stereocenters. The molecule has 2 aromatic heterocycles. The Bertz CT molecular complexity index is 1530. The van der Waals surface area contributed by atoms with Crippen molar-refractivity contribution in [2.75, 3.05) is 11.4 Å². The number of rotatable bonds is 5. The summed E-state index contributed by atoms with van der Waals surface area (Å²) in [6.45, 7) is -0.136. The summed E-state index contributed by atoms with van der Waals surface area (Å²) in [6, 6.07) is 3.06. The van der Waals surface area contributed by atoms with E-state index < -0.39 is 75.8 Å². The lowest BCUT2D eigenvalue weighted by atomic mass is 10.1. The van der Waals surface area contributed by atoms with Gasteiger partial charge in [-0.2, -0.15) is 13.2 Å². The first-order chi connectivity index (χ1) is 17.8. The number of nitrogens with one attached hydrogen (secondary N) is 1. The number of hydrogen-bond donors (Lipinski definition) is 2. The third-order valence-electron chi connectivity index (χ3n) is 6.46. The largest absolute Gasteiger partial charge is 0.391 e. The van der Waals surface area contributed by atoms with Crippen LogP contribution >= 0.6 is 0 Å². The fraction of sp³-hybridized carbons (Fsp3) is 0.333. The summed E-state index contributed by atoms with van der Waals surface area (Å²) in [5.41, 5.74) is -4.66. The van der Waals surface area contributed by atoms with Crippen molar-refractivity contribution < 1.29 is 41.0 Å². The van der Waals surface area contributed by atoms with Crippen LogP contribution in [0.5, 0.6) is 0 Å². The molecule has 1 aliphatic carbocycles. The average molecular weight is 540 g/mol. The number of amides is 2. The molecule has 5 rings (SSSR count). The minimum absolute atomic E-state index is 0.0157. The highest BCUT2D eigenvalue weighted by Gasteiger charge is 2.52. The predicted octanol–water partition coefficient (Wildman–Crippen LogP) is 3.12. The van der Waals surface area contributed by atoms with Gasteiger partial charge in [0.25, 0.3) is 5.91 Å². The van der Waals surface area contributed by atoms with Gasteiger partial charge >= 0.3 is 6.18 Å². The van der Waals surface area contributed by atoms with Gasteiger partial charge in [0, 0.05) is 23.9 Å². The number of fused-ring (bicyclic) bond motifs is 1. The van der Waals surface area contributed by atoms with Crippen LogP contribution < -0.4 is 15.6 Å². The molecule has 1 saturated heterocycles. The van der Waals surface area contributed by atoms with Crippen LogP contribution in [0.4, 0.5) is 32.2 Å². The molecule has 1 aromatic carbocycles. The van der Waals surface area contributed by atoms with Crippen LogP contribution in [-0.4, -0.2) is 50.8 Å². The molecule has 2 fully saturated rings. The first-order valence-corrected chi connectivity index (χ1v) is 11.4. The van der Waals surface area contributed by atoms with Crippen LogP contribution in [0, 0.1) is 17.5 Å². The molecule has 2 amide bonds. The van der Waals surface area contributed by atoms with E-state index in [4.69, 9.17) is 0 Å². The van der Waals surface area contributed by atoms with Crippen molar-refractivity contribution in [2.45, 2.75) is 43.5 Å². The summed E-state index contributed by atoms with van der Waals surface area (Å²) in [4.78, 5) is 43.7. The fourth-order valence-corrected chi connectivity index (χ4v) is 4.54. The molecule has 2 aliphatic rings. The van der Waals surface area contributed by atoms with Crippen molar-refractivity contribution in [1.29, 1.82) is 0 Å². The van der Waals surface area contributed by atoms with E-state index in [9.17, 15) is 45.8 Å². The van der Waals surface area contributed by atoms with E-state index in [0.717, 1.165) is 11.0 Å². The maximum atomic E-state index is 14.8. The van der Waals surface area contributed by atoms with E-state index >= 15 is 0 Å². The maximum Gasteiger partial charge on any atom is 0.391 e. The Labute approximate surface area is 209 Å². The number of anilines is 1. The molecule has 0 bridgehead atoms. The number of β-amino-alcohol motifs (C(OH)–C–C–N with tert-alkyl or cyclic N) is 1. The van der Waals surface area contributed by atoms with Crippen LogP contribution in [0.1, 0.15) is 36.0 Å². The predicted molar refractivity (Wildman–Crippen MR) is 120 cm³/mol. The Balaban J connectivity index is 1.68. The third kappa shape index (κ3) is 4.71. The lowest BCUT2D eigenvalue weighted by Gasteiger charge is -2.21. The zero-order valence-corrected chi connectivity index (χ0v) is 19.3. The maximum absolute atomic E-state index is 14.8. The second kappa shape index (κ2) is 8.82. The van der Waals surface area contributed by atoms with Gasteiger partial charge in [-0.3, -0.25) is 23.9 Å². The molecule has 8 nitrogen and oxygen atoms in total. The number of alkyl halides is 3. The zero-order valence-electron chi connectivity index (χ0n) is 19.3. The highest BCUT2D eigenvalue weighted by Crippen LogP contribution is 2.44. The number of aromatic nitrogens is 2. The highest BCUT2D eigenvalue weighted by atomic mass is 19.4. The first-order valence-electron chi connectivity index (χ1n) is 11.4. The van der Waals surface area contributed by atoms with E-state index in [2.05, 4.69) is 10.3 Å². The Morgan fingerprint density at radius 1 is 1.13 bits per heavy atom. The van der Waals surface area contributed by atoms with E-state index in [0.29, 0.717) is 22.9 Å². The standard InChI is InChI=1S/C24H18F6N4O4/c25-11-5-15(26)19(16(27)6-11)34-9-14(22(38)32-23(3-4-23)10-24(28,29)30)20(37)13-1-2-17(31-21(13)34)33-8-12(35)7-18(33)36/h1-2,5-6,9,12,35H,3-4,7-8,10H2,(H,32,38)/t12-/m0/s1. The van der Waals surface area contributed by atoms with Crippen molar-refractivity contribution in [3.05, 3.63) is 63.7 Å². The van der Waals surface area contributed by atoms with Gasteiger partial charge in [-0.15, -0.1) is 0 Å². The highest BCUT2D eigenvalue weighted by molar-refractivity contribution is 5.99. The molecule has 1 saturated carbocycles. The zero-order chi connectivity index (χ0) is 27.6. The number of halogens is 6. The average Bonchev–Trinajstić information content (AvgIpc) is 3.44. The van der Waals surface area contributed by atoms with Crippen molar-refractivity contribution in [3.8, 4) is 5.69 Å². The fourth-order valence-electron chi connectivity index (χ4n) is 4.54. The van der Waals surface area contributed by atoms with E-state index in [-0.39, 0.29) is 37.0 Å². The Morgan fingerprint density at radius 3 is 2.34 bits per heavy atom. The number of hydrogen-bond acceptors (Lipinski definition) is 5. The molecule has 3 aromatic rings. The van der Waals surface area contributed by atoms with E-state index in [1.807, 2.05) is 0 Å². The number of carbonyl (C=O) groups excluding carboxylic acids is 2. The van der Waals surface area contributed by atoms with Gasteiger partial charge in [-0.05, 0) is 25.0 Å². The lowest BCUT2D eigenvalue weighted by Crippen LogP contribution is -2.42. The number of aliphatic hydroxyl groups is 1. The Kier molecular flexibility index (Phi) is 5.97. The summed E-state index contributed by atoms with van der Waals surface area (Å²) in [7, 11) is 0. The first kappa shape index (κ1) is 25.7. The number of nitrogens with zero attached hydrogens (tertiary/aromatic N) is 3. The number of carbonyl (C=O) groups is 2. The minimum Gasteiger partial charge on any atom is -0.391 e. The van der Waals surface area contributed by atoms with Crippen molar-refractivity contribution in [3.63, 3.8) is 0 Å². The number of aliphatic hydroxyl groups excluding tert-OH is 1. The summed E-state index contributed by atoms with van der Waals surface area (Å²) < 4.78 is 82.8. The van der Waals surface area contributed by atoms with Crippen molar-refractivity contribution in [1.82, 2.24) is 14.9 Å². The second-order valence-electron chi connectivity index (χ2n) is 9.39. The van der Waals surface area contributed by atoms with Crippen molar-refractivity contribution >= 4 is 28.7 Å². The Hall–Kier alpha value is -3.94. The van der Waals surface area contributed by atoms with Gasteiger partial charge in [-0.1, -0.05) is 0 Å². The minimum atomic E-state index is -4.59. The number of benzene rings is 1. The second-order valence-corrected chi connectivity index (χ2v) is 9.39. The van der Waals surface area contributed by atoms with Gasteiger partial charge in [-0.25, -0.2) is 18.2 Å². The lowest BCUT2D eigenvalue weighted by molar-refractivity contribution is -0.141. The van der Waals surface area contributed by atoms with E-state index in [1.54, 1.807) is 0 Å². The van der Waals surface area contributed by atoms with Crippen LogP contribution in [0.15, 0.2) is 35.3 Å². The molecular weight excluding hydrogens is 522 g/mol. The molecule has 38 heavy (non-hydrogen) atoms. The molecule has 14 heteroatoms. The molecular formula is C24H18F6N4O4. The smallest absolute Gasteiger partial charge is 0.391 e. The summed E-state index contributed by atoms with van der Waals surface area (Å²) >= 11 is 0. The normalized spacial score (nSPS) is 18.8. The molecule has 200 valence electrons. The van der Waals surface area contributed by atoms with Gasteiger partial charge in [0.05, 0.1) is 30.9 Å². The van der Waals surface area contributed by atoms with E-state index in [1.165, 1.54) is 6.07 Å². The molecule has 0 spiro atoms. The quantitative estimate of drug-likeness (QED) is 0.484. The van der Waals surface area contributed by atoms with Crippen LogP contribution in [0.25, 0.3) is 16.7 Å². The van der Waals surface area contributed by atoms with Crippen molar-refractivity contribution in [2.24, 2.45) is 0 Å². The molecule has 3 heterocycles. The summed E-state index contributed by atoms with van der Waals surface area (Å²) in [6.07, 6.45) is -6.37. The summed E-state index contributed by atoms with van der Waals surface area (Å²) in [5, 5.41) is 11.7. The van der Waals surface area contributed by atoms with Crippen LogP contribution in [0.2, 0.25) is 0 Å². The van der Waals surface area contributed by atoms with Crippen LogP contribution in [-0.2, 0) is 4.79 Å². The SMILES string of the molecule is O=C(NC1(CC(F)(F)F)CC1)c1cn(-c2c(F)cc(F)cc2F)c2nc(N3C[C@@H](O)CC3=O)ccc2c1=O. The van der Waals surface area contributed by atoms with Gasteiger partial charge in [0.2, 0.25) is 11.3 Å². The summed E-state index contributed by atoms with van der Waals surface area (Å²) in [5.74, 6) is -5.87. The third-order valence-corrected chi connectivity index (χ3v) is 6.46. The molecule has 1 aliphatic heterocycles. The van der Waals surface area contributed by atoms with Crippen LogP contribution in [0.3, 0.4) is 0 Å². The topological polar surface area (TPSA) is 105 Å². The molecule has 0 radical (unpaired) electrons. The molecule has 2 N–H and O–H groups in total. The monoisotopic (exact) mass is 540 g/mol.